The molecule has 0 amide bonds. The minimum atomic E-state index is -0.613. The van der Waals surface area contributed by atoms with E-state index in [1.165, 1.54) is 26.0 Å². The number of aliphatic hydroxyl groups is 1. The topological polar surface area (TPSA) is 136 Å². The van der Waals surface area contributed by atoms with Gasteiger partial charge in [-0.3, -0.25) is 9.59 Å². The third-order valence-corrected chi connectivity index (χ3v) is 8.33. The number of aliphatic hydroxyl groups excluding tert-OH is 1. The van der Waals surface area contributed by atoms with Crippen molar-refractivity contribution in [3.05, 3.63) is 63.7 Å². The number of carbonyl (C=O) groups excluding carboxylic acids is 3. The molecule has 0 radical (unpaired) electrons. The Hall–Kier alpha value is -4.03. The SMILES string of the molecule is CCCCSc1c(C=C(C(=O)OCC)C2=CCN(CCO)C=C2)c(=O)oc2cc(N(CCC(=O)OC)CCC(=O)OC)ccc12. The summed E-state index contributed by atoms with van der Waals surface area (Å²) in [5, 5.41) is 9.97. The smallest absolute Gasteiger partial charge is 0.344 e. The summed E-state index contributed by atoms with van der Waals surface area (Å²) in [7, 11) is 2.63. The van der Waals surface area contributed by atoms with E-state index in [1.807, 2.05) is 28.0 Å². The molecule has 0 aliphatic carbocycles. The molecule has 1 aliphatic heterocycles. The van der Waals surface area contributed by atoms with E-state index < -0.39 is 23.5 Å². The Labute approximate surface area is 267 Å². The Morgan fingerprint density at radius 2 is 1.82 bits per heavy atom. The molecule has 3 rings (SSSR count). The molecule has 0 spiro atoms. The number of ether oxygens (including phenoxy) is 3. The number of methoxy groups -OCH3 is 2. The van der Waals surface area contributed by atoms with E-state index in [0.29, 0.717) is 40.2 Å². The highest BCUT2D eigenvalue weighted by atomic mass is 32.2. The highest BCUT2D eigenvalue weighted by Gasteiger charge is 2.22. The fourth-order valence-electron chi connectivity index (χ4n) is 4.64. The Balaban J connectivity index is 2.13. The van der Waals surface area contributed by atoms with Crippen molar-refractivity contribution in [1.82, 2.24) is 4.90 Å². The van der Waals surface area contributed by atoms with Crippen LogP contribution < -0.4 is 10.5 Å². The van der Waals surface area contributed by atoms with E-state index >= 15 is 0 Å². The molecule has 0 atom stereocenters. The number of thioether (sulfide) groups is 1. The first-order valence-electron chi connectivity index (χ1n) is 15.0. The van der Waals surface area contributed by atoms with Crippen molar-refractivity contribution in [3.63, 3.8) is 0 Å². The van der Waals surface area contributed by atoms with Crippen LogP contribution in [-0.4, -0.2) is 87.3 Å². The van der Waals surface area contributed by atoms with Crippen LogP contribution in [-0.2, 0) is 28.6 Å². The molecule has 2 aromatic rings. The van der Waals surface area contributed by atoms with Crippen LogP contribution in [0.5, 0.6) is 0 Å². The van der Waals surface area contributed by atoms with Crippen LogP contribution in [0, 0.1) is 0 Å². The average Bonchev–Trinajstić information content (AvgIpc) is 3.04. The van der Waals surface area contributed by atoms with Crippen molar-refractivity contribution in [2.75, 3.05) is 64.3 Å². The lowest BCUT2D eigenvalue weighted by Crippen LogP contribution is -2.29. The Kier molecular flexibility index (Phi) is 14.2. The first-order valence-corrected chi connectivity index (χ1v) is 16.0. The summed E-state index contributed by atoms with van der Waals surface area (Å²) in [6.45, 7) is 5.47. The van der Waals surface area contributed by atoms with E-state index in [2.05, 4.69) is 6.92 Å². The van der Waals surface area contributed by atoms with Gasteiger partial charge in [-0.05, 0) is 49.0 Å². The van der Waals surface area contributed by atoms with Crippen LogP contribution in [0.1, 0.15) is 45.1 Å². The molecule has 11 nitrogen and oxygen atoms in total. The van der Waals surface area contributed by atoms with Crippen LogP contribution in [0.2, 0.25) is 0 Å². The minimum Gasteiger partial charge on any atom is -0.469 e. The fourth-order valence-corrected chi connectivity index (χ4v) is 5.89. The predicted octanol–water partition coefficient (Wildman–Crippen LogP) is 4.31. The summed E-state index contributed by atoms with van der Waals surface area (Å²) < 4.78 is 20.8. The summed E-state index contributed by atoms with van der Waals surface area (Å²) in [6, 6.07) is 5.42. The average molecular weight is 643 g/mol. The number of nitrogens with zero attached hydrogens (tertiary/aromatic N) is 2. The van der Waals surface area contributed by atoms with Crippen LogP contribution in [0.25, 0.3) is 17.0 Å². The molecule has 1 aromatic heterocycles. The zero-order chi connectivity index (χ0) is 32.8. The number of hydrogen-bond donors (Lipinski definition) is 1. The van der Waals surface area contributed by atoms with Gasteiger partial charge in [0.05, 0.1) is 51.4 Å². The third-order valence-electron chi connectivity index (χ3n) is 7.11. The van der Waals surface area contributed by atoms with Gasteiger partial charge in [0.1, 0.15) is 5.58 Å². The van der Waals surface area contributed by atoms with Crippen molar-refractivity contribution in [2.45, 2.75) is 44.4 Å². The molecule has 1 aliphatic rings. The molecule has 1 N–H and O–H groups in total. The standard InChI is InChI=1S/C33H42N2O9S/c1-5-7-20-45-31-25-9-8-24(35(16-12-29(37)41-3)17-13-30(38)42-4)21-28(25)44-33(40)27(31)22-26(32(39)43-6-2)23-10-14-34(15-11-23)18-19-36/h8-11,14,21-22,36H,5-7,12-13,15-20H2,1-4H3. The maximum absolute atomic E-state index is 13.6. The summed E-state index contributed by atoms with van der Waals surface area (Å²) in [6.07, 6.45) is 9.04. The van der Waals surface area contributed by atoms with Crippen molar-refractivity contribution in [2.24, 2.45) is 0 Å². The summed E-state index contributed by atoms with van der Waals surface area (Å²) in [4.78, 5) is 55.0. The van der Waals surface area contributed by atoms with Gasteiger partial charge in [-0.2, -0.15) is 0 Å². The van der Waals surface area contributed by atoms with E-state index in [-0.39, 0.29) is 50.3 Å². The van der Waals surface area contributed by atoms with Gasteiger partial charge in [0.15, 0.2) is 0 Å². The number of esters is 3. The largest absolute Gasteiger partial charge is 0.469 e. The number of β-amino-alcohol motifs (C(OH)–C–C–N with tert-alkyl or cyclic N) is 1. The number of unbranched alkanes of at least 4 members (excludes halogenated alkanes) is 1. The van der Waals surface area contributed by atoms with Crippen LogP contribution in [0.4, 0.5) is 5.69 Å². The van der Waals surface area contributed by atoms with Gasteiger partial charge in [-0.25, -0.2) is 9.59 Å². The first-order chi connectivity index (χ1) is 21.8. The van der Waals surface area contributed by atoms with Crippen molar-refractivity contribution in [3.8, 4) is 0 Å². The van der Waals surface area contributed by atoms with E-state index in [9.17, 15) is 24.3 Å². The zero-order valence-electron chi connectivity index (χ0n) is 26.3. The maximum atomic E-state index is 13.6. The van der Waals surface area contributed by atoms with E-state index in [0.717, 1.165) is 18.6 Å². The fraction of sp³-hybridized carbons (Fsp3) is 0.455. The molecular weight excluding hydrogens is 600 g/mol. The maximum Gasteiger partial charge on any atom is 0.344 e. The Morgan fingerprint density at radius 1 is 1.11 bits per heavy atom. The first kappa shape index (κ1) is 35.4. The number of hydrogen-bond acceptors (Lipinski definition) is 12. The summed E-state index contributed by atoms with van der Waals surface area (Å²) in [5.41, 5.74) is 1.47. The molecule has 0 unspecified atom stereocenters. The van der Waals surface area contributed by atoms with Crippen molar-refractivity contribution < 1.29 is 38.1 Å². The summed E-state index contributed by atoms with van der Waals surface area (Å²) in [5.74, 6) is -0.596. The monoisotopic (exact) mass is 642 g/mol. The number of rotatable bonds is 17. The normalized spacial score (nSPS) is 13.0. The number of allylic oxidation sites excluding steroid dienone is 1. The molecule has 0 saturated heterocycles. The molecular formula is C33H42N2O9S. The van der Waals surface area contributed by atoms with Crippen LogP contribution in [0.3, 0.4) is 0 Å². The quantitative estimate of drug-likeness (QED) is 0.0658. The van der Waals surface area contributed by atoms with Gasteiger partial charge in [0, 0.05) is 54.4 Å². The number of benzene rings is 1. The zero-order valence-corrected chi connectivity index (χ0v) is 27.2. The molecule has 0 fully saturated rings. The number of carbonyl (C=O) groups is 3. The second kappa shape index (κ2) is 18.1. The molecule has 2 heterocycles. The lowest BCUT2D eigenvalue weighted by atomic mass is 10.0. The van der Waals surface area contributed by atoms with Crippen molar-refractivity contribution >= 4 is 52.4 Å². The van der Waals surface area contributed by atoms with Gasteiger partial charge in [0.25, 0.3) is 0 Å². The molecule has 12 heteroatoms. The molecule has 1 aromatic carbocycles. The van der Waals surface area contributed by atoms with Crippen LogP contribution in [0.15, 0.2) is 61.8 Å². The second-order valence-corrected chi connectivity index (χ2v) is 11.2. The molecule has 0 bridgehead atoms. The summed E-state index contributed by atoms with van der Waals surface area (Å²) >= 11 is 1.52. The minimum absolute atomic E-state index is 0.000594. The van der Waals surface area contributed by atoms with Gasteiger partial charge < -0.3 is 33.5 Å². The van der Waals surface area contributed by atoms with Gasteiger partial charge in [-0.15, -0.1) is 11.8 Å². The Bertz CT molecular complexity index is 1480. The highest BCUT2D eigenvalue weighted by molar-refractivity contribution is 7.99. The highest BCUT2D eigenvalue weighted by Crippen LogP contribution is 2.35. The predicted molar refractivity (Wildman–Crippen MR) is 174 cm³/mol. The van der Waals surface area contributed by atoms with Gasteiger partial charge >= 0.3 is 23.5 Å². The number of anilines is 1. The lowest BCUT2D eigenvalue weighted by Gasteiger charge is -2.24. The van der Waals surface area contributed by atoms with Crippen molar-refractivity contribution in [1.29, 1.82) is 0 Å². The van der Waals surface area contributed by atoms with E-state index in [1.54, 1.807) is 31.3 Å². The third kappa shape index (κ3) is 9.98. The Morgan fingerprint density at radius 3 is 2.40 bits per heavy atom. The van der Waals surface area contributed by atoms with Crippen LogP contribution >= 0.6 is 11.8 Å². The molecule has 45 heavy (non-hydrogen) atoms. The lowest BCUT2D eigenvalue weighted by molar-refractivity contribution is -0.140. The van der Waals surface area contributed by atoms with Gasteiger partial charge in [-0.1, -0.05) is 19.4 Å². The number of fused-ring (bicyclic) bond motifs is 1. The second-order valence-electron chi connectivity index (χ2n) is 10.1. The molecule has 244 valence electrons. The van der Waals surface area contributed by atoms with Gasteiger partial charge in [0.2, 0.25) is 0 Å². The molecule has 0 saturated carbocycles. The van der Waals surface area contributed by atoms with E-state index in [4.69, 9.17) is 18.6 Å².